The van der Waals surface area contributed by atoms with Gasteiger partial charge in [-0.1, -0.05) is 45.0 Å². The van der Waals surface area contributed by atoms with Crippen LogP contribution in [0.4, 0.5) is 0 Å². The third-order valence-electron chi connectivity index (χ3n) is 4.96. The highest BCUT2D eigenvalue weighted by Crippen LogP contribution is 2.19. The van der Waals surface area contributed by atoms with E-state index in [1.165, 1.54) is 5.56 Å². The minimum Gasteiger partial charge on any atom is -0.308 e. The third kappa shape index (κ3) is 4.28. The Kier molecular flexibility index (Phi) is 6.07. The largest absolute Gasteiger partial charge is 0.308 e. The van der Waals surface area contributed by atoms with Crippen molar-refractivity contribution in [2.75, 3.05) is 6.54 Å². The Bertz CT molecular complexity index is 958. The van der Waals surface area contributed by atoms with Crippen molar-refractivity contribution in [2.24, 2.45) is 5.92 Å². The fourth-order valence-electron chi connectivity index (χ4n) is 3.25. The van der Waals surface area contributed by atoms with Crippen LogP contribution in [0.15, 0.2) is 53.3 Å². The first-order valence-corrected chi connectivity index (χ1v) is 9.85. The van der Waals surface area contributed by atoms with E-state index in [-0.39, 0.29) is 11.6 Å². The first-order chi connectivity index (χ1) is 13.0. The molecule has 0 aliphatic carbocycles. The lowest BCUT2D eigenvalue weighted by Gasteiger charge is -2.20. The molecule has 0 radical (unpaired) electrons. The zero-order valence-electron chi connectivity index (χ0n) is 16.7. The number of hydrogen-bond donors (Lipinski definition) is 1. The van der Waals surface area contributed by atoms with E-state index in [1.54, 1.807) is 4.57 Å². The van der Waals surface area contributed by atoms with E-state index < -0.39 is 0 Å². The van der Waals surface area contributed by atoms with Crippen LogP contribution < -0.4 is 10.9 Å². The minimum absolute atomic E-state index is 0.0163. The zero-order chi connectivity index (χ0) is 19.4. The number of benzene rings is 2. The molecule has 3 rings (SSSR count). The number of aryl methyl sites for hydroxylation is 1. The monoisotopic (exact) mass is 363 g/mol. The first kappa shape index (κ1) is 19.3. The van der Waals surface area contributed by atoms with Crippen LogP contribution in [0.3, 0.4) is 0 Å². The van der Waals surface area contributed by atoms with Crippen LogP contribution in [0.5, 0.6) is 0 Å². The second-order valence-corrected chi connectivity index (χ2v) is 7.51. The Labute approximate surface area is 161 Å². The van der Waals surface area contributed by atoms with Crippen LogP contribution >= 0.6 is 0 Å². The fourth-order valence-corrected chi connectivity index (χ4v) is 3.25. The Morgan fingerprint density at radius 3 is 2.41 bits per heavy atom. The molecule has 1 unspecified atom stereocenters. The number of aromatic nitrogens is 2. The normalized spacial score (nSPS) is 12.6. The number of para-hydroxylation sites is 1. The summed E-state index contributed by atoms with van der Waals surface area (Å²) in [4.78, 5) is 18.1. The molecule has 0 bridgehead atoms. The van der Waals surface area contributed by atoms with Crippen molar-refractivity contribution in [2.45, 2.75) is 46.6 Å². The molecule has 0 aliphatic heterocycles. The maximum absolute atomic E-state index is 13.3. The van der Waals surface area contributed by atoms with Gasteiger partial charge < -0.3 is 5.32 Å². The van der Waals surface area contributed by atoms with Crippen molar-refractivity contribution in [1.82, 2.24) is 14.9 Å². The van der Waals surface area contributed by atoms with Crippen molar-refractivity contribution < 1.29 is 0 Å². The van der Waals surface area contributed by atoms with Gasteiger partial charge in [0, 0.05) is 0 Å². The maximum atomic E-state index is 13.3. The van der Waals surface area contributed by atoms with Gasteiger partial charge in [-0.25, -0.2) is 4.98 Å². The molecule has 4 heteroatoms. The minimum atomic E-state index is -0.0214. The highest BCUT2D eigenvalue weighted by molar-refractivity contribution is 5.77. The van der Waals surface area contributed by atoms with Gasteiger partial charge >= 0.3 is 0 Å². The predicted molar refractivity (Wildman–Crippen MR) is 113 cm³/mol. The smallest absolute Gasteiger partial charge is 0.266 e. The van der Waals surface area contributed by atoms with E-state index in [9.17, 15) is 4.79 Å². The van der Waals surface area contributed by atoms with Crippen molar-refractivity contribution in [3.8, 4) is 5.69 Å². The van der Waals surface area contributed by atoms with Gasteiger partial charge in [0.05, 0.1) is 22.6 Å². The van der Waals surface area contributed by atoms with Crippen LogP contribution in [-0.4, -0.2) is 16.1 Å². The molecule has 4 nitrogen and oxygen atoms in total. The summed E-state index contributed by atoms with van der Waals surface area (Å²) in [6.07, 6.45) is 2.07. The molecule has 3 aromatic rings. The Balaban J connectivity index is 2.10. The van der Waals surface area contributed by atoms with Gasteiger partial charge in [0.2, 0.25) is 0 Å². The lowest BCUT2D eigenvalue weighted by Crippen LogP contribution is -2.30. The summed E-state index contributed by atoms with van der Waals surface area (Å²) < 4.78 is 1.76. The molecule has 0 fully saturated rings. The molecular formula is C23H29N3O. The van der Waals surface area contributed by atoms with Crippen LogP contribution in [-0.2, 0) is 6.42 Å². The number of nitrogens with one attached hydrogen (secondary N) is 1. The molecular weight excluding hydrogens is 334 g/mol. The second-order valence-electron chi connectivity index (χ2n) is 7.51. The molecule has 0 amide bonds. The molecule has 27 heavy (non-hydrogen) atoms. The van der Waals surface area contributed by atoms with Gasteiger partial charge in [-0.15, -0.1) is 0 Å². The van der Waals surface area contributed by atoms with E-state index in [4.69, 9.17) is 4.98 Å². The molecule has 1 N–H and O–H groups in total. The van der Waals surface area contributed by atoms with Gasteiger partial charge in [0.25, 0.3) is 5.56 Å². The quantitative estimate of drug-likeness (QED) is 0.665. The average molecular weight is 364 g/mol. The summed E-state index contributed by atoms with van der Waals surface area (Å²) in [5, 5.41) is 4.18. The van der Waals surface area contributed by atoms with Gasteiger partial charge in [-0.05, 0) is 62.1 Å². The summed E-state index contributed by atoms with van der Waals surface area (Å²) in [7, 11) is 0. The highest BCUT2D eigenvalue weighted by Gasteiger charge is 2.17. The molecule has 1 atom stereocenters. The van der Waals surface area contributed by atoms with Crippen molar-refractivity contribution in [3.05, 3.63) is 70.3 Å². The molecule has 0 aliphatic rings. The van der Waals surface area contributed by atoms with Crippen molar-refractivity contribution in [1.29, 1.82) is 0 Å². The zero-order valence-corrected chi connectivity index (χ0v) is 16.7. The molecule has 0 saturated heterocycles. The predicted octanol–water partition coefficient (Wildman–Crippen LogP) is 4.64. The van der Waals surface area contributed by atoms with Gasteiger partial charge in [-0.3, -0.25) is 9.36 Å². The van der Waals surface area contributed by atoms with E-state index in [2.05, 4.69) is 45.1 Å². The Morgan fingerprint density at radius 1 is 1.04 bits per heavy atom. The maximum Gasteiger partial charge on any atom is 0.266 e. The Morgan fingerprint density at radius 2 is 1.74 bits per heavy atom. The lowest BCUT2D eigenvalue weighted by atomic mass is 10.1. The lowest BCUT2D eigenvalue weighted by molar-refractivity contribution is 0.479. The summed E-state index contributed by atoms with van der Waals surface area (Å²) in [6.45, 7) is 9.53. The van der Waals surface area contributed by atoms with Gasteiger partial charge in [-0.2, -0.15) is 0 Å². The first-order valence-electron chi connectivity index (χ1n) is 9.85. The number of rotatable bonds is 7. The molecule has 1 heterocycles. The van der Waals surface area contributed by atoms with E-state index >= 15 is 0 Å². The second kappa shape index (κ2) is 8.49. The number of fused-ring (bicyclic) bond motifs is 1. The van der Waals surface area contributed by atoms with E-state index in [1.807, 2.05) is 36.4 Å². The summed E-state index contributed by atoms with van der Waals surface area (Å²) in [5.41, 5.74) is 2.85. The Hall–Kier alpha value is -2.46. The summed E-state index contributed by atoms with van der Waals surface area (Å²) >= 11 is 0. The van der Waals surface area contributed by atoms with Crippen LogP contribution in [0.25, 0.3) is 16.6 Å². The molecule has 1 aromatic heterocycles. The molecule has 0 spiro atoms. The highest BCUT2D eigenvalue weighted by atomic mass is 16.1. The number of nitrogens with zero attached hydrogens (tertiary/aromatic N) is 2. The van der Waals surface area contributed by atoms with Crippen LogP contribution in [0.2, 0.25) is 0 Å². The molecule has 142 valence electrons. The van der Waals surface area contributed by atoms with Crippen molar-refractivity contribution in [3.63, 3.8) is 0 Å². The van der Waals surface area contributed by atoms with Crippen LogP contribution in [0, 0.1) is 5.92 Å². The molecule has 2 aromatic carbocycles. The average Bonchev–Trinajstić information content (AvgIpc) is 2.67. The van der Waals surface area contributed by atoms with Gasteiger partial charge in [0.1, 0.15) is 5.82 Å². The summed E-state index contributed by atoms with van der Waals surface area (Å²) in [6, 6.07) is 15.7. The van der Waals surface area contributed by atoms with E-state index in [0.29, 0.717) is 11.3 Å². The number of hydrogen-bond acceptors (Lipinski definition) is 3. The SMILES string of the molecule is CCc1ccc(-n2c(C(C)NCCC(C)C)nc3ccccc3c2=O)cc1. The van der Waals surface area contributed by atoms with Crippen molar-refractivity contribution >= 4 is 10.9 Å². The van der Waals surface area contributed by atoms with E-state index in [0.717, 1.165) is 36.4 Å². The standard InChI is InChI=1S/C23H29N3O/c1-5-18-10-12-19(13-11-18)26-22(17(4)24-15-14-16(2)3)25-21-9-7-6-8-20(21)23(26)27/h6-13,16-17,24H,5,14-15H2,1-4H3. The van der Waals surface area contributed by atoms with Gasteiger partial charge in [0.15, 0.2) is 0 Å². The fraction of sp³-hybridized carbons (Fsp3) is 0.391. The van der Waals surface area contributed by atoms with Crippen LogP contribution in [0.1, 0.15) is 51.5 Å². The molecule has 0 saturated carbocycles. The summed E-state index contributed by atoms with van der Waals surface area (Å²) in [5.74, 6) is 1.39. The third-order valence-corrected chi connectivity index (χ3v) is 4.96. The topological polar surface area (TPSA) is 46.9 Å².